The first-order valence-electron chi connectivity index (χ1n) is 4.04. The second-order valence-corrected chi connectivity index (χ2v) is 2.93. The molecular weight excluding hydrogens is 162 g/mol. The van der Waals surface area contributed by atoms with Crippen LogP contribution in [-0.4, -0.2) is 9.97 Å². The van der Waals surface area contributed by atoms with E-state index in [0.717, 1.165) is 17.0 Å². The van der Waals surface area contributed by atoms with Gasteiger partial charge in [0, 0.05) is 29.3 Å². The van der Waals surface area contributed by atoms with Gasteiger partial charge in [0.15, 0.2) is 0 Å². The molecule has 2 aromatic rings. The maximum atomic E-state index is 8.75. The molecule has 0 unspecified atom stereocenters. The molecule has 0 aliphatic carbocycles. The maximum Gasteiger partial charge on any atom is 0.101 e. The van der Waals surface area contributed by atoms with Crippen LogP contribution < -0.4 is 0 Å². The van der Waals surface area contributed by atoms with Crippen LogP contribution in [0.5, 0.6) is 0 Å². The van der Waals surface area contributed by atoms with Gasteiger partial charge in [0.05, 0.1) is 5.56 Å². The Morgan fingerprint density at radius 3 is 2.85 bits per heavy atom. The molecule has 3 nitrogen and oxygen atoms in total. The molecule has 0 aromatic carbocycles. The second kappa shape index (κ2) is 2.83. The molecule has 0 spiro atoms. The third-order valence-corrected chi connectivity index (χ3v) is 2.04. The lowest BCUT2D eigenvalue weighted by Crippen LogP contribution is -1.74. The summed E-state index contributed by atoms with van der Waals surface area (Å²) in [6.45, 7) is 1.90. The highest BCUT2D eigenvalue weighted by atomic mass is 14.7. The summed E-state index contributed by atoms with van der Waals surface area (Å²) in [7, 11) is 0. The maximum absolute atomic E-state index is 8.75. The third-order valence-electron chi connectivity index (χ3n) is 2.04. The third kappa shape index (κ3) is 1.23. The number of hydrogen-bond donors (Lipinski definition) is 2. The minimum atomic E-state index is 0.705. The Morgan fingerprint density at radius 1 is 1.46 bits per heavy atom. The van der Waals surface area contributed by atoms with Crippen molar-refractivity contribution in [3.8, 4) is 17.3 Å². The van der Waals surface area contributed by atoms with E-state index in [-0.39, 0.29) is 0 Å². The largest absolute Gasteiger partial charge is 0.367 e. The zero-order chi connectivity index (χ0) is 9.26. The van der Waals surface area contributed by atoms with Gasteiger partial charge < -0.3 is 9.97 Å². The first-order chi connectivity index (χ1) is 6.31. The molecule has 0 saturated heterocycles. The first-order valence-corrected chi connectivity index (χ1v) is 4.04. The number of nitriles is 1. The van der Waals surface area contributed by atoms with Crippen LogP contribution in [0, 0.1) is 18.3 Å². The average molecular weight is 171 g/mol. The number of H-pyrrole nitrogens is 2. The number of nitrogens with zero attached hydrogens (tertiary/aromatic N) is 1. The molecule has 2 heterocycles. The summed E-state index contributed by atoms with van der Waals surface area (Å²) in [5.74, 6) is 0. The summed E-state index contributed by atoms with van der Waals surface area (Å²) < 4.78 is 0. The molecule has 2 N–H and O–H groups in total. The van der Waals surface area contributed by atoms with Gasteiger partial charge in [-0.15, -0.1) is 0 Å². The second-order valence-electron chi connectivity index (χ2n) is 2.93. The molecular formula is C10H9N3. The topological polar surface area (TPSA) is 55.4 Å². The van der Waals surface area contributed by atoms with Crippen molar-refractivity contribution < 1.29 is 0 Å². The molecule has 0 atom stereocenters. The van der Waals surface area contributed by atoms with Gasteiger partial charge in [-0.2, -0.15) is 5.26 Å². The SMILES string of the molecule is Cc1[nH]c(-c2cc[nH]c2)cc1C#N. The number of nitrogens with one attached hydrogen (secondary N) is 2. The molecule has 3 heteroatoms. The standard InChI is InChI=1S/C10H9N3/c1-7-9(5-11)4-10(13-7)8-2-3-12-6-8/h2-4,6,12-13H,1H3. The van der Waals surface area contributed by atoms with Gasteiger partial charge >= 0.3 is 0 Å². The first kappa shape index (κ1) is 7.69. The van der Waals surface area contributed by atoms with Crippen molar-refractivity contribution in [1.29, 1.82) is 5.26 Å². The summed E-state index contributed by atoms with van der Waals surface area (Å²) >= 11 is 0. The number of aryl methyl sites for hydroxylation is 1. The van der Waals surface area contributed by atoms with Crippen molar-refractivity contribution in [2.24, 2.45) is 0 Å². The fourth-order valence-electron chi connectivity index (χ4n) is 1.32. The summed E-state index contributed by atoms with van der Waals surface area (Å²) in [5.41, 5.74) is 3.68. The van der Waals surface area contributed by atoms with E-state index in [4.69, 9.17) is 5.26 Å². The van der Waals surface area contributed by atoms with Crippen LogP contribution in [0.3, 0.4) is 0 Å². The lowest BCUT2D eigenvalue weighted by Gasteiger charge is -1.88. The van der Waals surface area contributed by atoms with Gasteiger partial charge in [0.1, 0.15) is 6.07 Å². The van der Waals surface area contributed by atoms with E-state index in [9.17, 15) is 0 Å². The molecule has 0 aliphatic heterocycles. The van der Waals surface area contributed by atoms with Crippen LogP contribution in [-0.2, 0) is 0 Å². The quantitative estimate of drug-likeness (QED) is 0.678. The summed E-state index contributed by atoms with van der Waals surface area (Å²) in [6.07, 6.45) is 3.75. The predicted molar refractivity (Wildman–Crippen MR) is 50.0 cm³/mol. The van der Waals surface area contributed by atoms with E-state index >= 15 is 0 Å². The van der Waals surface area contributed by atoms with E-state index in [1.165, 1.54) is 0 Å². The van der Waals surface area contributed by atoms with Crippen LogP contribution in [0.15, 0.2) is 24.5 Å². The van der Waals surface area contributed by atoms with Crippen LogP contribution in [0.2, 0.25) is 0 Å². The number of hydrogen-bond acceptors (Lipinski definition) is 1. The van der Waals surface area contributed by atoms with E-state index < -0.39 is 0 Å². The Bertz CT molecular complexity index is 443. The number of aromatic amines is 2. The summed E-state index contributed by atoms with van der Waals surface area (Å²) in [6, 6.07) is 5.96. The molecule has 0 bridgehead atoms. The normalized spacial score (nSPS) is 9.85. The lowest BCUT2D eigenvalue weighted by atomic mass is 10.2. The van der Waals surface area contributed by atoms with Gasteiger partial charge in [-0.3, -0.25) is 0 Å². The van der Waals surface area contributed by atoms with Gasteiger partial charge in [0.2, 0.25) is 0 Å². The number of aromatic nitrogens is 2. The molecule has 2 aromatic heterocycles. The Balaban J connectivity index is 2.50. The zero-order valence-electron chi connectivity index (χ0n) is 7.26. The van der Waals surface area contributed by atoms with Crippen molar-refractivity contribution in [3.63, 3.8) is 0 Å². The minimum absolute atomic E-state index is 0.705. The van der Waals surface area contributed by atoms with Crippen molar-refractivity contribution in [3.05, 3.63) is 35.8 Å². The molecule has 2 rings (SSSR count). The Kier molecular flexibility index (Phi) is 1.67. The highest BCUT2D eigenvalue weighted by molar-refractivity contribution is 5.62. The summed E-state index contributed by atoms with van der Waals surface area (Å²) in [5, 5.41) is 8.75. The minimum Gasteiger partial charge on any atom is -0.367 e. The number of rotatable bonds is 1. The van der Waals surface area contributed by atoms with Crippen LogP contribution in [0.25, 0.3) is 11.3 Å². The monoisotopic (exact) mass is 171 g/mol. The molecule has 0 aliphatic rings. The molecule has 13 heavy (non-hydrogen) atoms. The Hall–Kier alpha value is -1.95. The van der Waals surface area contributed by atoms with E-state index in [1.54, 1.807) is 0 Å². The fourth-order valence-corrected chi connectivity index (χ4v) is 1.32. The van der Waals surface area contributed by atoms with Gasteiger partial charge in [0.25, 0.3) is 0 Å². The van der Waals surface area contributed by atoms with Crippen molar-refractivity contribution in [2.45, 2.75) is 6.92 Å². The highest BCUT2D eigenvalue weighted by Crippen LogP contribution is 2.20. The molecule has 0 amide bonds. The smallest absolute Gasteiger partial charge is 0.101 e. The predicted octanol–water partition coefficient (Wildman–Crippen LogP) is 2.19. The molecule has 64 valence electrons. The Morgan fingerprint density at radius 2 is 2.31 bits per heavy atom. The van der Waals surface area contributed by atoms with E-state index in [2.05, 4.69) is 16.0 Å². The summed E-state index contributed by atoms with van der Waals surface area (Å²) in [4.78, 5) is 6.13. The average Bonchev–Trinajstić information content (AvgIpc) is 2.71. The van der Waals surface area contributed by atoms with E-state index in [1.807, 2.05) is 31.5 Å². The molecule has 0 fully saturated rings. The molecule has 0 saturated carbocycles. The lowest BCUT2D eigenvalue weighted by molar-refractivity contribution is 1.25. The fraction of sp³-hybridized carbons (Fsp3) is 0.100. The van der Waals surface area contributed by atoms with Crippen molar-refractivity contribution in [2.75, 3.05) is 0 Å². The van der Waals surface area contributed by atoms with Crippen LogP contribution >= 0.6 is 0 Å². The molecule has 0 radical (unpaired) electrons. The van der Waals surface area contributed by atoms with Crippen molar-refractivity contribution in [1.82, 2.24) is 9.97 Å². The van der Waals surface area contributed by atoms with Gasteiger partial charge in [-0.25, -0.2) is 0 Å². The van der Waals surface area contributed by atoms with Crippen LogP contribution in [0.4, 0.5) is 0 Å². The van der Waals surface area contributed by atoms with Crippen molar-refractivity contribution >= 4 is 0 Å². The van der Waals surface area contributed by atoms with Gasteiger partial charge in [-0.1, -0.05) is 0 Å². The highest BCUT2D eigenvalue weighted by Gasteiger charge is 2.04. The van der Waals surface area contributed by atoms with E-state index in [0.29, 0.717) is 5.56 Å². The Labute approximate surface area is 76.0 Å². The zero-order valence-corrected chi connectivity index (χ0v) is 7.26. The van der Waals surface area contributed by atoms with Crippen LogP contribution in [0.1, 0.15) is 11.3 Å². The van der Waals surface area contributed by atoms with Gasteiger partial charge in [-0.05, 0) is 19.1 Å².